The number of rotatable bonds is 3. The van der Waals surface area contributed by atoms with Crippen molar-refractivity contribution in [2.24, 2.45) is 0 Å². The third-order valence-electron chi connectivity index (χ3n) is 5.07. The summed E-state index contributed by atoms with van der Waals surface area (Å²) in [6.07, 6.45) is 3.97. The van der Waals surface area contributed by atoms with E-state index in [2.05, 4.69) is 21.0 Å². The average Bonchev–Trinajstić information content (AvgIpc) is 3.14. The van der Waals surface area contributed by atoms with E-state index in [1.54, 1.807) is 29.3 Å². The first-order valence-electron chi connectivity index (χ1n) is 8.76. The Labute approximate surface area is 164 Å². The Morgan fingerprint density at radius 1 is 1.19 bits per heavy atom. The molecule has 3 aromatic rings. The van der Waals surface area contributed by atoms with E-state index in [0.717, 1.165) is 4.47 Å². The van der Waals surface area contributed by atoms with Gasteiger partial charge in [-0.1, -0.05) is 12.1 Å². The SMILES string of the molecule is O=C(c1ccccc1Br)N1CCC(O)(Cn2cnn3cccc3c2=O)CC1. The van der Waals surface area contributed by atoms with Crippen molar-refractivity contribution in [1.82, 2.24) is 19.1 Å². The molecule has 7 nitrogen and oxygen atoms in total. The standard InChI is InChI=1S/C19H19BrN4O3/c20-15-5-2-1-4-14(15)17(25)22-10-7-19(27,8-11-22)12-23-13-21-24-9-3-6-16(24)18(23)26/h1-6,9,13,27H,7-8,10-12H2. The molecule has 1 aliphatic rings. The van der Waals surface area contributed by atoms with Crippen molar-refractivity contribution in [3.8, 4) is 0 Å². The minimum atomic E-state index is -1.04. The Morgan fingerprint density at radius 2 is 1.93 bits per heavy atom. The van der Waals surface area contributed by atoms with Gasteiger partial charge in [-0.15, -0.1) is 0 Å². The number of halogens is 1. The zero-order valence-electron chi connectivity index (χ0n) is 14.6. The summed E-state index contributed by atoms with van der Waals surface area (Å²) in [7, 11) is 0. The predicted octanol–water partition coefficient (Wildman–Crippen LogP) is 1.93. The van der Waals surface area contributed by atoms with Crippen LogP contribution in [0.1, 0.15) is 23.2 Å². The summed E-state index contributed by atoms with van der Waals surface area (Å²) in [5.41, 5.74) is -0.138. The second-order valence-electron chi connectivity index (χ2n) is 6.90. The van der Waals surface area contributed by atoms with Crippen LogP contribution in [0.5, 0.6) is 0 Å². The van der Waals surface area contributed by atoms with Crippen molar-refractivity contribution < 1.29 is 9.90 Å². The van der Waals surface area contributed by atoms with Crippen molar-refractivity contribution in [1.29, 1.82) is 0 Å². The van der Waals surface area contributed by atoms with Crippen LogP contribution in [0.2, 0.25) is 0 Å². The van der Waals surface area contributed by atoms with Gasteiger partial charge in [-0.2, -0.15) is 5.10 Å². The number of nitrogens with zero attached hydrogens (tertiary/aromatic N) is 4. The van der Waals surface area contributed by atoms with Crippen molar-refractivity contribution in [3.05, 3.63) is 69.3 Å². The zero-order chi connectivity index (χ0) is 19.0. The molecule has 1 aromatic carbocycles. The number of carbonyl (C=O) groups is 1. The molecule has 8 heteroatoms. The lowest BCUT2D eigenvalue weighted by Crippen LogP contribution is -2.49. The van der Waals surface area contributed by atoms with Gasteiger partial charge >= 0.3 is 0 Å². The highest BCUT2D eigenvalue weighted by molar-refractivity contribution is 9.10. The Bertz CT molecular complexity index is 1050. The summed E-state index contributed by atoms with van der Waals surface area (Å²) in [6.45, 7) is 1.04. The minimum Gasteiger partial charge on any atom is -0.388 e. The summed E-state index contributed by atoms with van der Waals surface area (Å²) in [5.74, 6) is -0.0574. The van der Waals surface area contributed by atoms with Crippen LogP contribution in [0.15, 0.2) is 58.2 Å². The topological polar surface area (TPSA) is 79.8 Å². The van der Waals surface area contributed by atoms with Crippen LogP contribution >= 0.6 is 15.9 Å². The second-order valence-corrected chi connectivity index (χ2v) is 7.75. The van der Waals surface area contributed by atoms with E-state index in [-0.39, 0.29) is 18.0 Å². The molecule has 27 heavy (non-hydrogen) atoms. The number of likely N-dealkylation sites (tertiary alicyclic amines) is 1. The molecule has 3 heterocycles. The van der Waals surface area contributed by atoms with Gasteiger partial charge in [0.1, 0.15) is 11.8 Å². The van der Waals surface area contributed by atoms with Crippen LogP contribution in [-0.2, 0) is 6.54 Å². The minimum absolute atomic E-state index is 0.0574. The lowest BCUT2D eigenvalue weighted by molar-refractivity contribution is -0.0300. The van der Waals surface area contributed by atoms with E-state index in [4.69, 9.17) is 0 Å². The molecular formula is C19H19BrN4O3. The summed E-state index contributed by atoms with van der Waals surface area (Å²) >= 11 is 3.41. The first-order chi connectivity index (χ1) is 13.0. The first kappa shape index (κ1) is 17.9. The van der Waals surface area contributed by atoms with E-state index >= 15 is 0 Å². The lowest BCUT2D eigenvalue weighted by atomic mass is 9.91. The van der Waals surface area contributed by atoms with Crippen molar-refractivity contribution in [2.75, 3.05) is 13.1 Å². The molecule has 0 bridgehead atoms. The van der Waals surface area contributed by atoms with Gasteiger partial charge in [0, 0.05) is 23.8 Å². The van der Waals surface area contributed by atoms with Gasteiger partial charge in [0.25, 0.3) is 11.5 Å². The summed E-state index contributed by atoms with van der Waals surface area (Å²) < 4.78 is 3.72. The fraction of sp³-hybridized carbons (Fsp3) is 0.316. The molecule has 0 spiro atoms. The molecular weight excluding hydrogens is 412 g/mol. The van der Waals surface area contributed by atoms with Crippen LogP contribution in [0, 0.1) is 0 Å². The molecule has 1 saturated heterocycles. The lowest BCUT2D eigenvalue weighted by Gasteiger charge is -2.38. The molecule has 0 atom stereocenters. The van der Waals surface area contributed by atoms with E-state index in [1.165, 1.54) is 15.4 Å². The number of piperidine rings is 1. The maximum Gasteiger partial charge on any atom is 0.277 e. The molecule has 2 aromatic heterocycles. The Balaban J connectivity index is 1.47. The van der Waals surface area contributed by atoms with Crippen LogP contribution in [-0.4, -0.2) is 48.8 Å². The highest BCUT2D eigenvalue weighted by Gasteiger charge is 2.35. The summed E-state index contributed by atoms with van der Waals surface area (Å²) in [6, 6.07) is 10.8. The fourth-order valence-electron chi connectivity index (χ4n) is 3.48. The number of hydrogen-bond donors (Lipinski definition) is 1. The van der Waals surface area contributed by atoms with Crippen molar-refractivity contribution in [2.45, 2.75) is 25.0 Å². The Kier molecular flexibility index (Phi) is 4.61. The third-order valence-corrected chi connectivity index (χ3v) is 5.77. The molecule has 0 unspecified atom stereocenters. The summed E-state index contributed by atoms with van der Waals surface area (Å²) in [4.78, 5) is 27.0. The van der Waals surface area contributed by atoms with Gasteiger partial charge in [-0.25, -0.2) is 4.52 Å². The predicted molar refractivity (Wildman–Crippen MR) is 104 cm³/mol. The van der Waals surface area contributed by atoms with Crippen LogP contribution in [0.25, 0.3) is 5.52 Å². The van der Waals surface area contributed by atoms with E-state index < -0.39 is 5.60 Å². The molecule has 0 saturated carbocycles. The van der Waals surface area contributed by atoms with Gasteiger partial charge in [-0.05, 0) is 53.0 Å². The maximum atomic E-state index is 12.7. The molecule has 140 valence electrons. The van der Waals surface area contributed by atoms with Gasteiger partial charge < -0.3 is 10.0 Å². The average molecular weight is 431 g/mol. The Hall–Kier alpha value is -2.45. The third kappa shape index (κ3) is 3.42. The van der Waals surface area contributed by atoms with E-state index in [1.807, 2.05) is 18.2 Å². The van der Waals surface area contributed by atoms with E-state index in [0.29, 0.717) is 37.0 Å². The summed E-state index contributed by atoms with van der Waals surface area (Å²) in [5, 5.41) is 15.1. The molecule has 1 N–H and O–H groups in total. The van der Waals surface area contributed by atoms with Crippen molar-refractivity contribution >= 4 is 27.4 Å². The van der Waals surface area contributed by atoms with Gasteiger partial charge in [0.2, 0.25) is 0 Å². The molecule has 0 aliphatic carbocycles. The van der Waals surface area contributed by atoms with Crippen LogP contribution in [0.4, 0.5) is 0 Å². The normalized spacial score (nSPS) is 16.6. The number of carbonyl (C=O) groups excluding carboxylic acids is 1. The number of aromatic nitrogens is 3. The number of hydrogen-bond acceptors (Lipinski definition) is 4. The van der Waals surface area contributed by atoms with Crippen LogP contribution < -0.4 is 5.56 Å². The highest BCUT2D eigenvalue weighted by atomic mass is 79.9. The van der Waals surface area contributed by atoms with Gasteiger partial charge in [0.15, 0.2) is 0 Å². The molecule has 1 fully saturated rings. The highest BCUT2D eigenvalue weighted by Crippen LogP contribution is 2.26. The number of fused-ring (bicyclic) bond motifs is 1. The molecule has 1 amide bonds. The first-order valence-corrected chi connectivity index (χ1v) is 9.55. The van der Waals surface area contributed by atoms with Crippen molar-refractivity contribution in [3.63, 3.8) is 0 Å². The van der Waals surface area contributed by atoms with Crippen LogP contribution in [0.3, 0.4) is 0 Å². The molecule has 4 rings (SSSR count). The quantitative estimate of drug-likeness (QED) is 0.688. The number of aliphatic hydroxyl groups is 1. The maximum absolute atomic E-state index is 12.7. The van der Waals surface area contributed by atoms with E-state index in [9.17, 15) is 14.7 Å². The molecule has 0 radical (unpaired) electrons. The fourth-order valence-corrected chi connectivity index (χ4v) is 3.93. The smallest absolute Gasteiger partial charge is 0.277 e. The number of benzene rings is 1. The molecule has 1 aliphatic heterocycles. The second kappa shape index (κ2) is 6.94. The largest absolute Gasteiger partial charge is 0.388 e. The van der Waals surface area contributed by atoms with Gasteiger partial charge in [-0.3, -0.25) is 14.2 Å². The Morgan fingerprint density at radius 3 is 2.67 bits per heavy atom. The number of amides is 1. The zero-order valence-corrected chi connectivity index (χ0v) is 16.2. The van der Waals surface area contributed by atoms with Gasteiger partial charge in [0.05, 0.1) is 17.7 Å². The monoisotopic (exact) mass is 430 g/mol.